The van der Waals surface area contributed by atoms with Crippen LogP contribution in [0.2, 0.25) is 0 Å². The number of amides is 2. The van der Waals surface area contributed by atoms with E-state index < -0.39 is 12.2 Å². The van der Waals surface area contributed by atoms with Gasteiger partial charge in [0.2, 0.25) is 0 Å². The largest absolute Gasteiger partial charge is 0.453 e. The van der Waals surface area contributed by atoms with Crippen molar-refractivity contribution in [2.45, 2.75) is 0 Å². The van der Waals surface area contributed by atoms with Crippen molar-refractivity contribution in [2.24, 2.45) is 0 Å². The summed E-state index contributed by atoms with van der Waals surface area (Å²) in [4.78, 5) is 21.6. The first-order valence-corrected chi connectivity index (χ1v) is 5.78. The predicted octanol–water partition coefficient (Wildman–Crippen LogP) is 2.34. The quantitative estimate of drug-likeness (QED) is 0.885. The summed E-state index contributed by atoms with van der Waals surface area (Å²) in [6, 6.07) is 7.47. The number of benzene rings is 1. The fourth-order valence-corrected chi connectivity index (χ4v) is 1.25. The van der Waals surface area contributed by atoms with Gasteiger partial charge in [-0.05, 0) is 23.3 Å². The summed E-state index contributed by atoms with van der Waals surface area (Å²) in [7, 11) is 2.60. The molecule has 0 atom stereocenters. The zero-order chi connectivity index (χ0) is 14.8. The smallest absolute Gasteiger partial charge is 0.410 e. The van der Waals surface area contributed by atoms with Crippen molar-refractivity contribution >= 4 is 24.3 Å². The van der Waals surface area contributed by atoms with Crippen LogP contribution in [0, 0.1) is 0 Å². The van der Waals surface area contributed by atoms with Gasteiger partial charge in [0.25, 0.3) is 0 Å². The molecular formula is C14H16N2O4. The fraction of sp³-hybridized carbons (Fsp3) is 0.143. The molecule has 1 rings (SSSR count). The molecule has 0 aliphatic rings. The second-order valence-electron chi connectivity index (χ2n) is 3.61. The van der Waals surface area contributed by atoms with Crippen LogP contribution in [0.4, 0.5) is 9.59 Å². The molecule has 1 aromatic carbocycles. The van der Waals surface area contributed by atoms with Gasteiger partial charge in [-0.3, -0.25) is 10.6 Å². The number of methoxy groups -OCH3 is 2. The van der Waals surface area contributed by atoms with Gasteiger partial charge in [0.05, 0.1) is 14.2 Å². The van der Waals surface area contributed by atoms with Crippen molar-refractivity contribution in [2.75, 3.05) is 14.2 Å². The van der Waals surface area contributed by atoms with Gasteiger partial charge in [-0.15, -0.1) is 0 Å². The molecular weight excluding hydrogens is 260 g/mol. The number of alkyl carbamates (subject to hydrolysis) is 2. The van der Waals surface area contributed by atoms with Crippen LogP contribution in [0.1, 0.15) is 11.1 Å². The third kappa shape index (κ3) is 5.72. The first-order chi connectivity index (χ1) is 9.65. The van der Waals surface area contributed by atoms with Crippen LogP contribution in [0.3, 0.4) is 0 Å². The van der Waals surface area contributed by atoms with Crippen LogP contribution < -0.4 is 10.6 Å². The number of carbonyl (C=O) groups excluding carboxylic acids is 2. The minimum absolute atomic E-state index is 0.519. The SMILES string of the molecule is COC(=O)NC=Cc1ccc(C=CNC(=O)OC)cc1. The summed E-state index contributed by atoms with van der Waals surface area (Å²) < 4.78 is 8.85. The Hall–Kier alpha value is -2.76. The number of rotatable bonds is 4. The van der Waals surface area contributed by atoms with Gasteiger partial charge in [-0.2, -0.15) is 0 Å². The van der Waals surface area contributed by atoms with Crippen molar-refractivity contribution in [3.05, 3.63) is 47.8 Å². The van der Waals surface area contributed by atoms with E-state index in [9.17, 15) is 9.59 Å². The molecule has 1 aromatic rings. The molecule has 0 fully saturated rings. The molecule has 20 heavy (non-hydrogen) atoms. The second kappa shape index (κ2) is 8.36. The summed E-state index contributed by atoms with van der Waals surface area (Å²) in [6.07, 6.45) is 5.42. The lowest BCUT2D eigenvalue weighted by atomic mass is 10.1. The fourth-order valence-electron chi connectivity index (χ4n) is 1.25. The minimum atomic E-state index is -0.519. The summed E-state index contributed by atoms with van der Waals surface area (Å²) in [6.45, 7) is 0. The molecule has 6 heteroatoms. The zero-order valence-electron chi connectivity index (χ0n) is 11.3. The molecule has 0 aliphatic heterocycles. The van der Waals surface area contributed by atoms with E-state index in [0.717, 1.165) is 11.1 Å². The average Bonchev–Trinajstić information content (AvgIpc) is 2.48. The molecule has 0 saturated carbocycles. The van der Waals surface area contributed by atoms with Crippen molar-refractivity contribution in [1.82, 2.24) is 10.6 Å². The Morgan fingerprint density at radius 3 is 1.50 bits per heavy atom. The van der Waals surface area contributed by atoms with E-state index in [1.165, 1.54) is 26.6 Å². The van der Waals surface area contributed by atoms with Crippen LogP contribution in [-0.2, 0) is 9.47 Å². The molecule has 6 nitrogen and oxygen atoms in total. The van der Waals surface area contributed by atoms with E-state index in [-0.39, 0.29) is 0 Å². The Bertz CT molecular complexity index is 459. The highest BCUT2D eigenvalue weighted by Crippen LogP contribution is 2.07. The Morgan fingerprint density at radius 2 is 1.20 bits per heavy atom. The normalized spacial score (nSPS) is 10.5. The van der Waals surface area contributed by atoms with Crippen LogP contribution in [0.5, 0.6) is 0 Å². The van der Waals surface area contributed by atoms with Crippen molar-refractivity contribution < 1.29 is 19.1 Å². The summed E-state index contributed by atoms with van der Waals surface area (Å²) in [5, 5.41) is 4.86. The highest BCUT2D eigenvalue weighted by molar-refractivity contribution is 5.70. The van der Waals surface area contributed by atoms with E-state index in [1.807, 2.05) is 24.3 Å². The maximum Gasteiger partial charge on any atom is 0.410 e. The van der Waals surface area contributed by atoms with Gasteiger partial charge < -0.3 is 9.47 Å². The summed E-state index contributed by atoms with van der Waals surface area (Å²) in [5.41, 5.74) is 1.83. The maximum absolute atomic E-state index is 10.8. The molecule has 0 spiro atoms. The minimum Gasteiger partial charge on any atom is -0.453 e. The first kappa shape index (κ1) is 15.3. The monoisotopic (exact) mass is 276 g/mol. The molecule has 0 bridgehead atoms. The van der Waals surface area contributed by atoms with Gasteiger partial charge in [0.1, 0.15) is 0 Å². The van der Waals surface area contributed by atoms with Crippen molar-refractivity contribution in [1.29, 1.82) is 0 Å². The summed E-state index contributed by atoms with van der Waals surface area (Å²) >= 11 is 0. The van der Waals surface area contributed by atoms with E-state index in [2.05, 4.69) is 20.1 Å². The molecule has 0 saturated heterocycles. The highest BCUT2D eigenvalue weighted by atomic mass is 16.5. The molecule has 0 heterocycles. The lowest BCUT2D eigenvalue weighted by Gasteiger charge is -1.98. The number of nitrogens with one attached hydrogen (secondary N) is 2. The van der Waals surface area contributed by atoms with Gasteiger partial charge >= 0.3 is 12.2 Å². The Morgan fingerprint density at radius 1 is 0.850 bits per heavy atom. The standard InChI is InChI=1S/C14H16N2O4/c1-19-13(17)15-9-7-11-3-5-12(6-4-11)8-10-16-14(18)20-2/h3-10H,1-2H3,(H,15,17)(H,16,18). The molecule has 0 aliphatic carbocycles. The second-order valence-corrected chi connectivity index (χ2v) is 3.61. The highest BCUT2D eigenvalue weighted by Gasteiger charge is 1.93. The van der Waals surface area contributed by atoms with Crippen LogP contribution in [0.15, 0.2) is 36.7 Å². The molecule has 0 radical (unpaired) electrons. The van der Waals surface area contributed by atoms with E-state index in [1.54, 1.807) is 12.2 Å². The number of carbonyl (C=O) groups is 2. The third-order valence-corrected chi connectivity index (χ3v) is 2.26. The van der Waals surface area contributed by atoms with Gasteiger partial charge in [0.15, 0.2) is 0 Å². The van der Waals surface area contributed by atoms with E-state index in [0.29, 0.717) is 0 Å². The van der Waals surface area contributed by atoms with Crippen molar-refractivity contribution in [3.8, 4) is 0 Å². The Kier molecular flexibility index (Phi) is 6.40. The van der Waals surface area contributed by atoms with Crippen LogP contribution >= 0.6 is 0 Å². The Labute approximate surface area is 117 Å². The number of hydrogen-bond donors (Lipinski definition) is 2. The average molecular weight is 276 g/mol. The first-order valence-electron chi connectivity index (χ1n) is 5.78. The van der Waals surface area contributed by atoms with E-state index >= 15 is 0 Å². The molecule has 106 valence electrons. The molecule has 2 N–H and O–H groups in total. The third-order valence-electron chi connectivity index (χ3n) is 2.26. The Balaban J connectivity index is 2.51. The van der Waals surface area contributed by atoms with Gasteiger partial charge in [0, 0.05) is 12.4 Å². The van der Waals surface area contributed by atoms with E-state index in [4.69, 9.17) is 0 Å². The zero-order valence-corrected chi connectivity index (χ0v) is 11.3. The lowest BCUT2D eigenvalue weighted by molar-refractivity contribution is 0.174. The van der Waals surface area contributed by atoms with Gasteiger partial charge in [-0.25, -0.2) is 9.59 Å². The number of ether oxygens (including phenoxy) is 2. The summed E-state index contributed by atoms with van der Waals surface area (Å²) in [5.74, 6) is 0. The molecule has 0 aromatic heterocycles. The number of hydrogen-bond acceptors (Lipinski definition) is 4. The topological polar surface area (TPSA) is 76.7 Å². The van der Waals surface area contributed by atoms with Gasteiger partial charge in [-0.1, -0.05) is 24.3 Å². The lowest BCUT2D eigenvalue weighted by Crippen LogP contribution is -2.15. The van der Waals surface area contributed by atoms with Crippen molar-refractivity contribution in [3.63, 3.8) is 0 Å². The van der Waals surface area contributed by atoms with Crippen LogP contribution in [0.25, 0.3) is 12.2 Å². The predicted molar refractivity (Wildman–Crippen MR) is 75.6 cm³/mol. The molecule has 0 unspecified atom stereocenters. The molecule has 2 amide bonds. The van der Waals surface area contributed by atoms with Crippen LogP contribution in [-0.4, -0.2) is 26.4 Å². The maximum atomic E-state index is 10.8.